The fourth-order valence-electron chi connectivity index (χ4n) is 2.90. The number of nitrogens with zero attached hydrogens (tertiary/aromatic N) is 4. The fourth-order valence-corrected chi connectivity index (χ4v) is 3.45. The Morgan fingerprint density at radius 1 is 1.24 bits per heavy atom. The van der Waals surface area contributed by atoms with Crippen molar-refractivity contribution in [3.05, 3.63) is 39.9 Å². The van der Waals surface area contributed by atoms with Crippen molar-refractivity contribution < 1.29 is 4.79 Å². The minimum atomic E-state index is -0.158. The fraction of sp³-hybridized carbons (Fsp3) is 0.438. The quantitative estimate of drug-likeness (QED) is 0.853. The summed E-state index contributed by atoms with van der Waals surface area (Å²) in [6, 6.07) is 5.68. The van der Waals surface area contributed by atoms with Crippen LogP contribution in [0.3, 0.4) is 0 Å². The van der Waals surface area contributed by atoms with Crippen molar-refractivity contribution in [2.24, 2.45) is 0 Å². The molecule has 1 N–H and O–H groups in total. The maximum Gasteiger partial charge on any atom is 0.293 e. The summed E-state index contributed by atoms with van der Waals surface area (Å²) in [5.41, 5.74) is 0.541. The van der Waals surface area contributed by atoms with Crippen LogP contribution in [0.25, 0.3) is 5.69 Å². The van der Waals surface area contributed by atoms with Gasteiger partial charge in [0.05, 0.1) is 10.0 Å². The normalized spacial score (nSPS) is 15.1. The topological polar surface area (TPSA) is 63.1 Å². The number of likely N-dealkylation sites (tertiary alicyclic amines) is 1. The largest absolute Gasteiger partial charge is 0.336 e. The highest BCUT2D eigenvalue weighted by Crippen LogP contribution is 2.28. The van der Waals surface area contributed by atoms with Crippen LogP contribution >= 0.6 is 35.6 Å². The summed E-state index contributed by atoms with van der Waals surface area (Å²) in [5, 5.41) is 8.52. The van der Waals surface area contributed by atoms with Gasteiger partial charge in [0.15, 0.2) is 0 Å². The number of halogens is 3. The molecule has 1 aromatic carbocycles. The molecule has 3 rings (SSSR count). The van der Waals surface area contributed by atoms with E-state index in [-0.39, 0.29) is 24.1 Å². The predicted octanol–water partition coefficient (Wildman–Crippen LogP) is 3.13. The Kier molecular flexibility index (Phi) is 6.68. The highest BCUT2D eigenvalue weighted by molar-refractivity contribution is 6.37. The van der Waals surface area contributed by atoms with E-state index in [2.05, 4.69) is 15.4 Å². The van der Waals surface area contributed by atoms with Gasteiger partial charge in [0.2, 0.25) is 5.82 Å². The van der Waals surface area contributed by atoms with Gasteiger partial charge in [-0.25, -0.2) is 9.67 Å². The number of amides is 1. The third kappa shape index (κ3) is 4.08. The lowest BCUT2D eigenvalue weighted by molar-refractivity contribution is 0.0695. The van der Waals surface area contributed by atoms with Gasteiger partial charge >= 0.3 is 0 Å². The third-order valence-electron chi connectivity index (χ3n) is 4.30. The summed E-state index contributed by atoms with van der Waals surface area (Å²) in [6.07, 6.45) is 1.86. The second-order valence-corrected chi connectivity index (χ2v) is 6.63. The van der Waals surface area contributed by atoms with Gasteiger partial charge in [0.1, 0.15) is 11.5 Å². The Bertz CT molecular complexity index is 736. The number of nitrogens with one attached hydrogen (secondary N) is 1. The van der Waals surface area contributed by atoms with Crippen LogP contribution in [0.5, 0.6) is 0 Å². The smallest absolute Gasteiger partial charge is 0.293 e. The van der Waals surface area contributed by atoms with Crippen LogP contribution in [0, 0.1) is 6.92 Å². The van der Waals surface area contributed by atoms with Gasteiger partial charge in [0, 0.05) is 19.1 Å². The lowest BCUT2D eigenvalue weighted by Gasteiger charge is -2.30. The first-order chi connectivity index (χ1) is 11.5. The molecule has 2 aromatic rings. The molecule has 0 atom stereocenters. The minimum Gasteiger partial charge on any atom is -0.336 e. The van der Waals surface area contributed by atoms with Crippen LogP contribution in [0.1, 0.15) is 29.3 Å². The molecule has 0 unspecified atom stereocenters. The van der Waals surface area contributed by atoms with Crippen molar-refractivity contribution in [1.29, 1.82) is 0 Å². The molecule has 0 aliphatic carbocycles. The number of para-hydroxylation sites is 1. The number of aryl methyl sites for hydroxylation is 1. The van der Waals surface area contributed by atoms with Gasteiger partial charge in [-0.3, -0.25) is 4.79 Å². The zero-order chi connectivity index (χ0) is 17.3. The zero-order valence-corrected chi connectivity index (χ0v) is 16.3. The number of hydrogen-bond acceptors (Lipinski definition) is 4. The first-order valence-electron chi connectivity index (χ1n) is 7.86. The Labute approximate surface area is 162 Å². The number of aromatic nitrogens is 3. The van der Waals surface area contributed by atoms with E-state index < -0.39 is 0 Å². The number of carbonyl (C=O) groups excluding carboxylic acids is 1. The van der Waals surface area contributed by atoms with E-state index in [0.29, 0.717) is 40.7 Å². The number of piperidine rings is 1. The van der Waals surface area contributed by atoms with Crippen LogP contribution in [0.2, 0.25) is 10.0 Å². The lowest BCUT2D eigenvalue weighted by atomic mass is 10.1. The zero-order valence-electron chi connectivity index (χ0n) is 14.0. The molecule has 1 saturated heterocycles. The van der Waals surface area contributed by atoms with Crippen LogP contribution in [-0.2, 0) is 0 Å². The van der Waals surface area contributed by atoms with Crippen molar-refractivity contribution in [3.63, 3.8) is 0 Å². The summed E-state index contributed by atoms with van der Waals surface area (Å²) in [4.78, 5) is 18.8. The Hall–Kier alpha value is -1.34. The van der Waals surface area contributed by atoms with E-state index >= 15 is 0 Å². The van der Waals surface area contributed by atoms with Gasteiger partial charge in [-0.2, -0.15) is 0 Å². The van der Waals surface area contributed by atoms with Crippen molar-refractivity contribution in [2.75, 3.05) is 20.1 Å². The molecule has 25 heavy (non-hydrogen) atoms. The van der Waals surface area contributed by atoms with Gasteiger partial charge < -0.3 is 10.2 Å². The molecular formula is C16H20Cl3N5O. The van der Waals surface area contributed by atoms with E-state index in [4.69, 9.17) is 23.2 Å². The predicted molar refractivity (Wildman–Crippen MR) is 101 cm³/mol. The van der Waals surface area contributed by atoms with Gasteiger partial charge in [-0.05, 0) is 38.9 Å². The molecule has 0 radical (unpaired) electrons. The standard InChI is InChI=1S/C16H19Cl2N5O.ClH/c1-10-20-15(16(24)22-8-6-11(19-2)7-9-22)21-23(10)14-12(17)4-3-5-13(14)18;/h3-5,11,19H,6-9H2,1-2H3;1H. The summed E-state index contributed by atoms with van der Waals surface area (Å²) in [5.74, 6) is 0.583. The Balaban J connectivity index is 0.00000225. The highest BCUT2D eigenvalue weighted by Gasteiger charge is 2.26. The number of benzene rings is 1. The summed E-state index contributed by atoms with van der Waals surface area (Å²) < 4.78 is 1.53. The number of rotatable bonds is 3. The van der Waals surface area contributed by atoms with Crippen molar-refractivity contribution >= 4 is 41.5 Å². The monoisotopic (exact) mass is 403 g/mol. The molecule has 1 amide bonds. The first kappa shape index (κ1) is 20.0. The first-order valence-corrected chi connectivity index (χ1v) is 8.61. The maximum atomic E-state index is 12.7. The van der Waals surface area contributed by atoms with Crippen molar-refractivity contribution in [3.8, 4) is 5.69 Å². The van der Waals surface area contributed by atoms with Crippen LogP contribution in [-0.4, -0.2) is 51.8 Å². The van der Waals surface area contributed by atoms with E-state index in [0.717, 1.165) is 12.8 Å². The summed E-state index contributed by atoms with van der Waals surface area (Å²) in [6.45, 7) is 3.17. The maximum absolute atomic E-state index is 12.7. The van der Waals surface area contributed by atoms with Crippen molar-refractivity contribution in [1.82, 2.24) is 25.0 Å². The van der Waals surface area contributed by atoms with Gasteiger partial charge in [-0.15, -0.1) is 17.5 Å². The van der Waals surface area contributed by atoms with Crippen molar-refractivity contribution in [2.45, 2.75) is 25.8 Å². The molecule has 136 valence electrons. The molecule has 9 heteroatoms. The van der Waals surface area contributed by atoms with E-state index in [9.17, 15) is 4.79 Å². The molecule has 0 bridgehead atoms. The SMILES string of the molecule is CNC1CCN(C(=O)c2nc(C)n(-c3c(Cl)cccc3Cl)n2)CC1.Cl. The molecule has 0 spiro atoms. The van der Waals surface area contributed by atoms with E-state index in [1.807, 2.05) is 7.05 Å². The molecule has 6 nitrogen and oxygen atoms in total. The molecule has 0 saturated carbocycles. The van der Waals surface area contributed by atoms with Gasteiger partial charge in [0.25, 0.3) is 5.91 Å². The lowest BCUT2D eigenvalue weighted by Crippen LogP contribution is -2.44. The third-order valence-corrected chi connectivity index (χ3v) is 4.91. The summed E-state index contributed by atoms with van der Waals surface area (Å²) in [7, 11) is 1.95. The summed E-state index contributed by atoms with van der Waals surface area (Å²) >= 11 is 12.5. The number of hydrogen-bond donors (Lipinski definition) is 1. The van der Waals surface area contributed by atoms with E-state index in [1.165, 1.54) is 4.68 Å². The molecule has 1 aliphatic rings. The van der Waals surface area contributed by atoms with Crippen LogP contribution in [0.15, 0.2) is 18.2 Å². The molecular weight excluding hydrogens is 385 g/mol. The Morgan fingerprint density at radius 3 is 2.40 bits per heavy atom. The highest BCUT2D eigenvalue weighted by atomic mass is 35.5. The molecule has 1 fully saturated rings. The van der Waals surface area contributed by atoms with E-state index in [1.54, 1.807) is 30.0 Å². The second-order valence-electron chi connectivity index (χ2n) is 5.82. The van der Waals surface area contributed by atoms with Crippen LogP contribution in [0.4, 0.5) is 0 Å². The average molecular weight is 405 g/mol. The Morgan fingerprint density at radius 2 is 1.84 bits per heavy atom. The molecule has 1 aromatic heterocycles. The van der Waals surface area contributed by atoms with Gasteiger partial charge in [-0.1, -0.05) is 29.3 Å². The minimum absolute atomic E-state index is 0. The molecule has 1 aliphatic heterocycles. The second kappa shape index (κ2) is 8.36. The van der Waals surface area contributed by atoms with Crippen LogP contribution < -0.4 is 5.32 Å². The molecule has 2 heterocycles. The number of carbonyl (C=O) groups is 1. The average Bonchev–Trinajstić information content (AvgIpc) is 2.96.